The van der Waals surface area contributed by atoms with Crippen LogP contribution in [0.1, 0.15) is 17.3 Å². The highest BCUT2D eigenvalue weighted by Crippen LogP contribution is 2.20. The van der Waals surface area contributed by atoms with Crippen molar-refractivity contribution in [3.63, 3.8) is 0 Å². The summed E-state index contributed by atoms with van der Waals surface area (Å²) in [5, 5.41) is 0. The molecule has 0 saturated heterocycles. The molecule has 0 bridgehead atoms. The molecule has 0 unspecified atom stereocenters. The van der Waals surface area contributed by atoms with Crippen LogP contribution in [0.15, 0.2) is 53.6 Å². The van der Waals surface area contributed by atoms with E-state index in [2.05, 4.69) is 4.98 Å². The molecule has 0 fully saturated rings. The molecule has 0 aliphatic rings. The maximum atomic E-state index is 12.4. The third kappa shape index (κ3) is 2.70. The summed E-state index contributed by atoms with van der Waals surface area (Å²) in [4.78, 5) is 15.3. The summed E-state index contributed by atoms with van der Waals surface area (Å²) >= 11 is 0. The number of aromatic nitrogens is 1. The Morgan fingerprint density at radius 2 is 1.75 bits per heavy atom. The monoisotopic (exact) mass is 290 g/mol. The molecule has 0 amide bonds. The third-order valence-electron chi connectivity index (χ3n) is 2.89. The van der Waals surface area contributed by atoms with Gasteiger partial charge in [0.05, 0.1) is 4.90 Å². The van der Waals surface area contributed by atoms with Gasteiger partial charge in [0.1, 0.15) is 5.82 Å². The van der Waals surface area contributed by atoms with Gasteiger partial charge in [-0.1, -0.05) is 18.2 Å². The van der Waals surface area contributed by atoms with Crippen molar-refractivity contribution in [1.29, 1.82) is 0 Å². The summed E-state index contributed by atoms with van der Waals surface area (Å²) < 4.78 is 25.9. The topological polar surface area (TPSA) is 67.3 Å². The lowest BCUT2D eigenvalue weighted by Crippen LogP contribution is -2.27. The van der Waals surface area contributed by atoms with Gasteiger partial charge in [0, 0.05) is 18.8 Å². The van der Waals surface area contributed by atoms with Crippen LogP contribution >= 0.6 is 0 Å². The van der Waals surface area contributed by atoms with E-state index in [0.717, 1.165) is 4.31 Å². The first kappa shape index (κ1) is 14.2. The zero-order valence-corrected chi connectivity index (χ0v) is 12.0. The average molecular weight is 290 g/mol. The van der Waals surface area contributed by atoms with E-state index in [1.54, 1.807) is 18.2 Å². The summed E-state index contributed by atoms with van der Waals surface area (Å²) in [5.74, 6) is 0.232. The minimum atomic E-state index is -3.67. The van der Waals surface area contributed by atoms with Gasteiger partial charge in [-0.2, -0.15) is 0 Å². The molecule has 20 heavy (non-hydrogen) atoms. The molecule has 0 N–H and O–H groups in total. The van der Waals surface area contributed by atoms with Crippen molar-refractivity contribution in [3.8, 4) is 0 Å². The van der Waals surface area contributed by atoms with E-state index in [1.165, 1.54) is 44.4 Å². The minimum absolute atomic E-state index is 0.105. The van der Waals surface area contributed by atoms with Crippen LogP contribution in [0.3, 0.4) is 0 Å². The SMILES string of the molecule is CC(=O)c1ccc(S(=O)(=O)N(C)c2ccccn2)cc1. The van der Waals surface area contributed by atoms with Crippen LogP contribution in [0.4, 0.5) is 5.82 Å². The summed E-state index contributed by atoms with van der Waals surface area (Å²) in [5.41, 5.74) is 0.476. The largest absolute Gasteiger partial charge is 0.295 e. The fourth-order valence-electron chi connectivity index (χ4n) is 1.68. The molecule has 0 aliphatic heterocycles. The first-order chi connectivity index (χ1) is 9.43. The Bertz CT molecular complexity index is 710. The number of rotatable bonds is 4. The molecule has 1 aromatic carbocycles. The van der Waals surface area contributed by atoms with E-state index in [0.29, 0.717) is 11.4 Å². The van der Waals surface area contributed by atoms with Crippen LogP contribution in [0, 0.1) is 0 Å². The van der Waals surface area contributed by atoms with Crippen molar-refractivity contribution in [2.24, 2.45) is 0 Å². The van der Waals surface area contributed by atoms with Crippen molar-refractivity contribution in [3.05, 3.63) is 54.2 Å². The highest BCUT2D eigenvalue weighted by molar-refractivity contribution is 7.92. The van der Waals surface area contributed by atoms with Crippen molar-refractivity contribution < 1.29 is 13.2 Å². The lowest BCUT2D eigenvalue weighted by molar-refractivity contribution is 0.101. The second-order valence-corrected chi connectivity index (χ2v) is 6.21. The molecule has 1 heterocycles. The summed E-state index contributed by atoms with van der Waals surface area (Å²) in [6.07, 6.45) is 1.53. The maximum absolute atomic E-state index is 12.4. The van der Waals surface area contributed by atoms with Crippen molar-refractivity contribution >= 4 is 21.6 Å². The van der Waals surface area contributed by atoms with E-state index in [9.17, 15) is 13.2 Å². The number of carbonyl (C=O) groups excluding carboxylic acids is 1. The van der Waals surface area contributed by atoms with Crippen LogP contribution in [0.25, 0.3) is 0 Å². The number of sulfonamides is 1. The van der Waals surface area contributed by atoms with Gasteiger partial charge in [0.2, 0.25) is 0 Å². The van der Waals surface area contributed by atoms with Crippen molar-refractivity contribution in [2.75, 3.05) is 11.4 Å². The number of benzene rings is 1. The molecular weight excluding hydrogens is 276 g/mol. The Hall–Kier alpha value is -2.21. The molecule has 0 atom stereocenters. The van der Waals surface area contributed by atoms with Gasteiger partial charge in [-0.3, -0.25) is 9.10 Å². The second-order valence-electron chi connectivity index (χ2n) is 4.24. The third-order valence-corrected chi connectivity index (χ3v) is 4.67. The predicted octanol–water partition coefficient (Wildman–Crippen LogP) is 2.11. The number of ketones is 1. The Kier molecular flexibility index (Phi) is 3.85. The zero-order chi connectivity index (χ0) is 14.8. The Morgan fingerprint density at radius 1 is 1.10 bits per heavy atom. The smallest absolute Gasteiger partial charge is 0.265 e. The Balaban J connectivity index is 2.37. The first-order valence-electron chi connectivity index (χ1n) is 5.94. The minimum Gasteiger partial charge on any atom is -0.295 e. The molecule has 104 valence electrons. The number of Topliss-reactive ketones (excluding diaryl/α,β-unsaturated/α-hetero) is 1. The van der Waals surface area contributed by atoms with E-state index in [-0.39, 0.29) is 10.7 Å². The number of nitrogens with zero attached hydrogens (tertiary/aromatic N) is 2. The molecular formula is C14H14N2O3S. The Morgan fingerprint density at radius 3 is 2.25 bits per heavy atom. The molecule has 0 spiro atoms. The van der Waals surface area contributed by atoms with E-state index >= 15 is 0 Å². The fourth-order valence-corrected chi connectivity index (χ4v) is 2.83. The predicted molar refractivity (Wildman–Crippen MR) is 76.3 cm³/mol. The van der Waals surface area contributed by atoms with Gasteiger partial charge >= 0.3 is 0 Å². The fraction of sp³-hybridized carbons (Fsp3) is 0.143. The zero-order valence-electron chi connectivity index (χ0n) is 11.1. The second kappa shape index (κ2) is 5.42. The molecule has 2 aromatic rings. The maximum Gasteiger partial charge on any atom is 0.265 e. The molecule has 5 nitrogen and oxygen atoms in total. The Labute approximate surface area is 117 Å². The van der Waals surface area contributed by atoms with Gasteiger partial charge < -0.3 is 0 Å². The molecule has 0 saturated carbocycles. The van der Waals surface area contributed by atoms with Gasteiger partial charge in [0.15, 0.2) is 5.78 Å². The normalized spacial score (nSPS) is 11.1. The van der Waals surface area contributed by atoms with Gasteiger partial charge in [-0.25, -0.2) is 13.4 Å². The lowest BCUT2D eigenvalue weighted by atomic mass is 10.2. The van der Waals surface area contributed by atoms with E-state index in [1.807, 2.05) is 0 Å². The van der Waals surface area contributed by atoms with Crippen LogP contribution in [-0.4, -0.2) is 26.2 Å². The summed E-state index contributed by atoms with van der Waals surface area (Å²) in [7, 11) is -2.23. The highest BCUT2D eigenvalue weighted by Gasteiger charge is 2.21. The number of hydrogen-bond donors (Lipinski definition) is 0. The lowest BCUT2D eigenvalue weighted by Gasteiger charge is -2.18. The standard InChI is InChI=1S/C14H14N2O3S/c1-11(17)12-6-8-13(9-7-12)20(18,19)16(2)14-5-3-4-10-15-14/h3-10H,1-2H3. The van der Waals surface area contributed by atoms with Crippen molar-refractivity contribution in [1.82, 2.24) is 4.98 Å². The van der Waals surface area contributed by atoms with Gasteiger partial charge in [-0.15, -0.1) is 0 Å². The average Bonchev–Trinajstić information content (AvgIpc) is 2.47. The summed E-state index contributed by atoms with van der Waals surface area (Å²) in [6.45, 7) is 1.43. The molecule has 0 radical (unpaired) electrons. The quantitative estimate of drug-likeness (QED) is 0.809. The molecule has 0 aliphatic carbocycles. The van der Waals surface area contributed by atoms with Crippen LogP contribution < -0.4 is 4.31 Å². The van der Waals surface area contributed by atoms with Gasteiger partial charge in [-0.05, 0) is 31.2 Å². The van der Waals surface area contributed by atoms with Crippen LogP contribution in [0.5, 0.6) is 0 Å². The number of carbonyl (C=O) groups is 1. The summed E-state index contributed by atoms with van der Waals surface area (Å²) in [6, 6.07) is 10.9. The van der Waals surface area contributed by atoms with E-state index in [4.69, 9.17) is 0 Å². The van der Waals surface area contributed by atoms with Crippen molar-refractivity contribution in [2.45, 2.75) is 11.8 Å². The van der Waals surface area contributed by atoms with Crippen LogP contribution in [-0.2, 0) is 10.0 Å². The highest BCUT2D eigenvalue weighted by atomic mass is 32.2. The van der Waals surface area contributed by atoms with Crippen LogP contribution in [0.2, 0.25) is 0 Å². The molecule has 1 aromatic heterocycles. The first-order valence-corrected chi connectivity index (χ1v) is 7.38. The van der Waals surface area contributed by atoms with E-state index < -0.39 is 10.0 Å². The number of anilines is 1. The molecule has 6 heteroatoms. The number of pyridine rings is 1. The van der Waals surface area contributed by atoms with Gasteiger partial charge in [0.25, 0.3) is 10.0 Å². The number of hydrogen-bond acceptors (Lipinski definition) is 4. The molecule has 2 rings (SSSR count).